The first-order valence-corrected chi connectivity index (χ1v) is 6.81. The van der Waals surface area contributed by atoms with Gasteiger partial charge in [-0.25, -0.2) is 13.2 Å². The van der Waals surface area contributed by atoms with E-state index in [1.54, 1.807) is 0 Å². The molecule has 0 aliphatic rings. The molecule has 106 valence electrons. The highest BCUT2D eigenvalue weighted by molar-refractivity contribution is 6.21. The molecule has 0 amide bonds. The largest absolute Gasteiger partial charge is 0.207 e. The van der Waals surface area contributed by atoms with Crippen LogP contribution in [-0.4, -0.2) is 0 Å². The van der Waals surface area contributed by atoms with Gasteiger partial charge in [-0.05, 0) is 12.0 Å². The Balaban J connectivity index is 2.42. The summed E-state index contributed by atoms with van der Waals surface area (Å²) in [5.41, 5.74) is 0.627. The highest BCUT2D eigenvalue weighted by atomic mass is 35.5. The van der Waals surface area contributed by atoms with Crippen molar-refractivity contribution in [2.45, 2.75) is 24.6 Å². The van der Waals surface area contributed by atoms with E-state index in [-0.39, 0.29) is 11.5 Å². The maximum Gasteiger partial charge on any atom is 0.133 e. The van der Waals surface area contributed by atoms with Crippen LogP contribution in [0.15, 0.2) is 42.5 Å². The second-order valence-electron chi connectivity index (χ2n) is 4.61. The van der Waals surface area contributed by atoms with E-state index in [9.17, 15) is 13.2 Å². The molecule has 0 aliphatic carbocycles. The van der Waals surface area contributed by atoms with Gasteiger partial charge in [0.05, 0.1) is 5.38 Å². The Labute approximate surface area is 121 Å². The number of hydrogen-bond acceptors (Lipinski definition) is 0. The third-order valence-corrected chi connectivity index (χ3v) is 3.86. The van der Waals surface area contributed by atoms with Crippen molar-refractivity contribution in [3.63, 3.8) is 0 Å². The van der Waals surface area contributed by atoms with Gasteiger partial charge in [0.1, 0.15) is 17.5 Å². The molecular formula is C16H14ClF3. The normalized spacial score (nSPS) is 14.1. The molecule has 2 aromatic rings. The Morgan fingerprint density at radius 1 is 1.00 bits per heavy atom. The Morgan fingerprint density at radius 3 is 2.05 bits per heavy atom. The van der Waals surface area contributed by atoms with Gasteiger partial charge in [0, 0.05) is 23.6 Å². The van der Waals surface area contributed by atoms with Crippen LogP contribution in [0.2, 0.25) is 0 Å². The van der Waals surface area contributed by atoms with E-state index in [1.165, 1.54) is 0 Å². The van der Waals surface area contributed by atoms with Gasteiger partial charge in [0.15, 0.2) is 0 Å². The maximum atomic E-state index is 13.8. The number of benzene rings is 2. The predicted molar refractivity (Wildman–Crippen MR) is 74.4 cm³/mol. The van der Waals surface area contributed by atoms with Crippen molar-refractivity contribution in [3.05, 3.63) is 71.0 Å². The van der Waals surface area contributed by atoms with E-state index in [2.05, 4.69) is 0 Å². The lowest BCUT2D eigenvalue weighted by atomic mass is 9.89. The number of rotatable bonds is 4. The minimum atomic E-state index is -0.947. The lowest BCUT2D eigenvalue weighted by molar-refractivity contribution is 0.503. The molecule has 0 saturated heterocycles. The molecule has 2 aromatic carbocycles. The zero-order chi connectivity index (χ0) is 14.7. The summed E-state index contributed by atoms with van der Waals surface area (Å²) < 4.78 is 40.6. The molecule has 0 spiro atoms. The topological polar surface area (TPSA) is 0 Å². The molecule has 0 aromatic heterocycles. The predicted octanol–water partition coefficient (Wildman–Crippen LogP) is 5.58. The SMILES string of the molecule is CCC(c1ccccc1)C(Cl)c1c(F)cc(F)cc1F. The summed E-state index contributed by atoms with van der Waals surface area (Å²) in [6.07, 6.45) is 0.619. The van der Waals surface area contributed by atoms with Crippen LogP contribution in [0.5, 0.6) is 0 Å². The van der Waals surface area contributed by atoms with Gasteiger partial charge in [-0.2, -0.15) is 0 Å². The molecule has 0 radical (unpaired) electrons. The molecule has 0 bridgehead atoms. The molecule has 2 unspecified atom stereocenters. The zero-order valence-electron chi connectivity index (χ0n) is 10.9. The van der Waals surface area contributed by atoms with Crippen LogP contribution in [0.1, 0.15) is 35.8 Å². The fraction of sp³-hybridized carbons (Fsp3) is 0.250. The van der Waals surface area contributed by atoms with E-state index in [0.717, 1.165) is 5.56 Å². The van der Waals surface area contributed by atoms with E-state index < -0.39 is 22.8 Å². The Kier molecular flexibility index (Phi) is 4.71. The van der Waals surface area contributed by atoms with Crippen molar-refractivity contribution >= 4 is 11.6 Å². The zero-order valence-corrected chi connectivity index (χ0v) is 11.7. The highest BCUT2D eigenvalue weighted by Crippen LogP contribution is 2.40. The maximum absolute atomic E-state index is 13.8. The molecule has 0 nitrogen and oxygen atoms in total. The molecule has 20 heavy (non-hydrogen) atoms. The summed E-state index contributed by atoms with van der Waals surface area (Å²) in [6.45, 7) is 1.90. The van der Waals surface area contributed by atoms with E-state index >= 15 is 0 Å². The van der Waals surface area contributed by atoms with Gasteiger partial charge in [0.2, 0.25) is 0 Å². The van der Waals surface area contributed by atoms with Crippen molar-refractivity contribution < 1.29 is 13.2 Å². The van der Waals surface area contributed by atoms with Crippen LogP contribution in [0, 0.1) is 17.5 Å². The van der Waals surface area contributed by atoms with Gasteiger partial charge in [-0.3, -0.25) is 0 Å². The summed E-state index contributed by atoms with van der Waals surface area (Å²) in [7, 11) is 0. The molecule has 2 rings (SSSR count). The van der Waals surface area contributed by atoms with E-state index in [1.807, 2.05) is 37.3 Å². The fourth-order valence-electron chi connectivity index (χ4n) is 2.33. The van der Waals surface area contributed by atoms with Crippen molar-refractivity contribution in [1.29, 1.82) is 0 Å². The Morgan fingerprint density at radius 2 is 1.55 bits per heavy atom. The second kappa shape index (κ2) is 6.31. The first-order valence-electron chi connectivity index (χ1n) is 6.38. The monoisotopic (exact) mass is 298 g/mol. The van der Waals surface area contributed by atoms with Gasteiger partial charge in [-0.15, -0.1) is 11.6 Å². The summed E-state index contributed by atoms with van der Waals surface area (Å²) in [6, 6.07) is 10.6. The fourth-order valence-corrected chi connectivity index (χ4v) is 2.86. The van der Waals surface area contributed by atoms with E-state index in [4.69, 9.17) is 11.6 Å². The van der Waals surface area contributed by atoms with Crippen LogP contribution < -0.4 is 0 Å². The van der Waals surface area contributed by atoms with Gasteiger partial charge in [0.25, 0.3) is 0 Å². The molecule has 2 atom stereocenters. The molecular weight excluding hydrogens is 285 g/mol. The lowest BCUT2D eigenvalue weighted by Crippen LogP contribution is -2.10. The summed E-state index contributed by atoms with van der Waals surface area (Å²) in [5.74, 6) is -3.08. The van der Waals surface area contributed by atoms with Crippen LogP contribution >= 0.6 is 11.6 Å². The molecule has 0 heterocycles. The molecule has 0 N–H and O–H groups in total. The number of alkyl halides is 1. The molecule has 4 heteroatoms. The Bertz CT molecular complexity index is 561. The third-order valence-electron chi connectivity index (χ3n) is 3.34. The smallest absolute Gasteiger partial charge is 0.133 e. The molecule has 0 aliphatic heterocycles. The first kappa shape index (κ1) is 14.9. The molecule has 0 fully saturated rings. The first-order chi connectivity index (χ1) is 9.54. The summed E-state index contributed by atoms with van der Waals surface area (Å²) in [5, 5.41) is -0.886. The quantitative estimate of drug-likeness (QED) is 0.647. The Hall–Kier alpha value is -1.48. The van der Waals surface area contributed by atoms with Crippen LogP contribution in [-0.2, 0) is 0 Å². The highest BCUT2D eigenvalue weighted by Gasteiger charge is 2.27. The van der Waals surface area contributed by atoms with Crippen molar-refractivity contribution in [3.8, 4) is 0 Å². The average molecular weight is 299 g/mol. The van der Waals surface area contributed by atoms with Gasteiger partial charge < -0.3 is 0 Å². The molecule has 0 saturated carbocycles. The van der Waals surface area contributed by atoms with Crippen LogP contribution in [0.25, 0.3) is 0 Å². The second-order valence-corrected chi connectivity index (χ2v) is 5.08. The van der Waals surface area contributed by atoms with Crippen LogP contribution in [0.4, 0.5) is 13.2 Å². The van der Waals surface area contributed by atoms with Gasteiger partial charge >= 0.3 is 0 Å². The van der Waals surface area contributed by atoms with Crippen molar-refractivity contribution in [2.75, 3.05) is 0 Å². The summed E-state index contributed by atoms with van der Waals surface area (Å²) >= 11 is 6.27. The van der Waals surface area contributed by atoms with Gasteiger partial charge in [-0.1, -0.05) is 37.3 Å². The minimum Gasteiger partial charge on any atom is -0.207 e. The third kappa shape index (κ3) is 2.98. The standard InChI is InChI=1S/C16H14ClF3/c1-2-12(10-6-4-3-5-7-10)16(17)15-13(19)8-11(18)9-14(15)20/h3-9,12,16H,2H2,1H3. The average Bonchev–Trinajstić information content (AvgIpc) is 2.39. The number of halogens is 4. The van der Waals surface area contributed by atoms with Crippen molar-refractivity contribution in [1.82, 2.24) is 0 Å². The summed E-state index contributed by atoms with van der Waals surface area (Å²) in [4.78, 5) is 0. The van der Waals surface area contributed by atoms with Crippen molar-refractivity contribution in [2.24, 2.45) is 0 Å². The van der Waals surface area contributed by atoms with Crippen LogP contribution in [0.3, 0.4) is 0 Å². The van der Waals surface area contributed by atoms with E-state index in [0.29, 0.717) is 18.6 Å². The number of hydrogen-bond donors (Lipinski definition) is 0. The minimum absolute atomic E-state index is 0.243. The lowest BCUT2D eigenvalue weighted by Gasteiger charge is -2.22.